The average Bonchev–Trinajstić information content (AvgIpc) is 3.25. The molecule has 0 radical (unpaired) electrons. The quantitative estimate of drug-likeness (QED) is 0.281. The highest BCUT2D eigenvalue weighted by Crippen LogP contribution is 2.33. The van der Waals surface area contributed by atoms with Crippen molar-refractivity contribution in [3.8, 4) is 11.8 Å². The van der Waals surface area contributed by atoms with E-state index < -0.39 is 10.7 Å². The highest BCUT2D eigenvalue weighted by molar-refractivity contribution is 5.94. The third kappa shape index (κ3) is 6.15. The van der Waals surface area contributed by atoms with Gasteiger partial charge in [0.25, 0.3) is 11.6 Å². The fraction of sp³-hybridized carbons (Fsp3) is 0.290. The van der Waals surface area contributed by atoms with Gasteiger partial charge >= 0.3 is 0 Å². The highest BCUT2D eigenvalue weighted by Gasteiger charge is 2.38. The number of nitro groups is 1. The van der Waals surface area contributed by atoms with Crippen LogP contribution in [0, 0.1) is 39.6 Å². The van der Waals surface area contributed by atoms with Crippen LogP contribution in [0.4, 0.5) is 10.1 Å². The van der Waals surface area contributed by atoms with Gasteiger partial charge < -0.3 is 9.80 Å². The number of halogens is 1. The van der Waals surface area contributed by atoms with Gasteiger partial charge in [-0.05, 0) is 73.2 Å². The molecule has 2 amide bonds. The average molecular weight is 526 g/mol. The van der Waals surface area contributed by atoms with Crippen molar-refractivity contribution in [2.75, 3.05) is 26.2 Å². The summed E-state index contributed by atoms with van der Waals surface area (Å²) in [5.74, 6) is 5.90. The van der Waals surface area contributed by atoms with Crippen LogP contribution in [-0.4, -0.2) is 52.7 Å². The zero-order valence-electron chi connectivity index (χ0n) is 21.4. The number of amides is 2. The molecule has 0 aromatic heterocycles. The van der Waals surface area contributed by atoms with E-state index in [-0.39, 0.29) is 41.3 Å². The second-order valence-corrected chi connectivity index (χ2v) is 10.1. The van der Waals surface area contributed by atoms with Gasteiger partial charge in [0.05, 0.1) is 11.3 Å². The minimum absolute atomic E-state index is 0.0103. The molecule has 3 aromatic rings. The zero-order valence-corrected chi connectivity index (χ0v) is 21.4. The van der Waals surface area contributed by atoms with Crippen LogP contribution < -0.4 is 0 Å². The molecular weight excluding hydrogens is 497 g/mol. The van der Waals surface area contributed by atoms with E-state index in [4.69, 9.17) is 0 Å². The predicted molar refractivity (Wildman–Crippen MR) is 144 cm³/mol. The van der Waals surface area contributed by atoms with E-state index in [1.807, 2.05) is 59.5 Å². The summed E-state index contributed by atoms with van der Waals surface area (Å²) in [6.07, 6.45) is 1.35. The van der Waals surface area contributed by atoms with Gasteiger partial charge in [0.1, 0.15) is 5.82 Å². The van der Waals surface area contributed by atoms with E-state index >= 15 is 0 Å². The molecule has 2 heterocycles. The summed E-state index contributed by atoms with van der Waals surface area (Å²) in [4.78, 5) is 40.5. The number of hydrogen-bond acceptors (Lipinski definition) is 4. The molecule has 7 nitrogen and oxygen atoms in total. The molecule has 198 valence electrons. The molecule has 39 heavy (non-hydrogen) atoms. The molecule has 3 aromatic carbocycles. The molecule has 0 N–H and O–H groups in total. The lowest BCUT2D eigenvalue weighted by Crippen LogP contribution is -2.34. The molecule has 2 atom stereocenters. The first kappa shape index (κ1) is 26.1. The summed E-state index contributed by atoms with van der Waals surface area (Å²) >= 11 is 0. The van der Waals surface area contributed by atoms with Crippen molar-refractivity contribution in [2.45, 2.75) is 19.3 Å². The highest BCUT2D eigenvalue weighted by atomic mass is 19.1. The number of hydrogen-bond donors (Lipinski definition) is 0. The van der Waals surface area contributed by atoms with Crippen LogP contribution in [0.3, 0.4) is 0 Å². The second kappa shape index (κ2) is 11.5. The van der Waals surface area contributed by atoms with Crippen LogP contribution in [0.2, 0.25) is 0 Å². The van der Waals surface area contributed by atoms with Gasteiger partial charge in [0, 0.05) is 54.5 Å². The first-order valence-electron chi connectivity index (χ1n) is 13.0. The van der Waals surface area contributed by atoms with E-state index in [0.717, 1.165) is 42.2 Å². The fourth-order valence-corrected chi connectivity index (χ4v) is 5.45. The molecule has 0 saturated carbocycles. The first-order chi connectivity index (χ1) is 18.9. The SMILES string of the molecule is O=C(Cc1cc(F)ccc1[N+](=O)[O-])N1C[C@H]2CCN(C(=O)c3ccc(C#Cc4ccccc4)cc3)CC[C@H]2C1. The standard InChI is InChI=1S/C31H28FN3O4/c32-28-12-13-29(35(38)39)27(18-28)19-30(36)34-20-25-14-16-33(17-15-26(25)21-34)31(37)24-10-8-23(9-11-24)7-6-22-4-2-1-3-5-22/h1-5,8-13,18,25-26H,14-17,19-21H2/t25-,26+. The van der Waals surface area contributed by atoms with Crippen molar-refractivity contribution in [1.29, 1.82) is 0 Å². The monoisotopic (exact) mass is 525 g/mol. The Morgan fingerprint density at radius 1 is 0.872 bits per heavy atom. The number of nitro benzene ring substituents is 1. The number of rotatable bonds is 4. The van der Waals surface area contributed by atoms with Crippen molar-refractivity contribution in [3.05, 3.63) is 111 Å². The Kier molecular flexibility index (Phi) is 7.69. The van der Waals surface area contributed by atoms with Gasteiger partial charge in [-0.3, -0.25) is 19.7 Å². The summed E-state index contributed by atoms with van der Waals surface area (Å²) in [6.45, 7) is 2.30. The van der Waals surface area contributed by atoms with Crippen LogP contribution in [0.1, 0.15) is 39.9 Å². The Morgan fingerprint density at radius 2 is 1.49 bits per heavy atom. The molecule has 8 heteroatoms. The van der Waals surface area contributed by atoms with E-state index in [1.165, 1.54) is 0 Å². The van der Waals surface area contributed by atoms with Crippen molar-refractivity contribution < 1.29 is 18.9 Å². The summed E-state index contributed by atoms with van der Waals surface area (Å²) < 4.78 is 13.7. The Morgan fingerprint density at radius 3 is 2.10 bits per heavy atom. The van der Waals surface area contributed by atoms with Crippen LogP contribution in [0.15, 0.2) is 72.8 Å². The molecule has 0 spiro atoms. The lowest BCUT2D eigenvalue weighted by Gasteiger charge is -2.22. The smallest absolute Gasteiger partial charge is 0.273 e. The summed E-state index contributed by atoms with van der Waals surface area (Å²) in [5.41, 5.74) is 2.24. The summed E-state index contributed by atoms with van der Waals surface area (Å²) in [7, 11) is 0. The molecule has 0 bridgehead atoms. The van der Waals surface area contributed by atoms with Gasteiger partial charge in [-0.25, -0.2) is 4.39 Å². The molecule has 0 unspecified atom stereocenters. The van der Waals surface area contributed by atoms with Gasteiger partial charge in [-0.2, -0.15) is 0 Å². The van der Waals surface area contributed by atoms with Crippen LogP contribution >= 0.6 is 0 Å². The number of fused-ring (bicyclic) bond motifs is 1. The van der Waals surface area contributed by atoms with E-state index in [9.17, 15) is 24.1 Å². The third-order valence-electron chi connectivity index (χ3n) is 7.59. The normalized spacial score (nSPS) is 18.5. The lowest BCUT2D eigenvalue weighted by atomic mass is 9.92. The number of benzene rings is 3. The van der Waals surface area contributed by atoms with Crippen molar-refractivity contribution >= 4 is 17.5 Å². The summed E-state index contributed by atoms with van der Waals surface area (Å²) in [6, 6.07) is 20.3. The predicted octanol–water partition coefficient (Wildman–Crippen LogP) is 4.69. The molecule has 2 fully saturated rings. The fourth-order valence-electron chi connectivity index (χ4n) is 5.45. The van der Waals surface area contributed by atoms with Gasteiger partial charge in [-0.1, -0.05) is 30.0 Å². The van der Waals surface area contributed by atoms with Crippen LogP contribution in [-0.2, 0) is 11.2 Å². The van der Waals surface area contributed by atoms with Crippen molar-refractivity contribution in [3.63, 3.8) is 0 Å². The Labute approximate surface area is 226 Å². The molecule has 2 aliphatic heterocycles. The third-order valence-corrected chi connectivity index (χ3v) is 7.59. The Balaban J connectivity index is 1.17. The van der Waals surface area contributed by atoms with Gasteiger partial charge in [-0.15, -0.1) is 0 Å². The molecular formula is C31H28FN3O4. The maximum absolute atomic E-state index is 13.7. The molecule has 5 rings (SSSR count). The largest absolute Gasteiger partial charge is 0.342 e. The number of carbonyl (C=O) groups excluding carboxylic acids is 2. The second-order valence-electron chi connectivity index (χ2n) is 10.1. The Hall–Kier alpha value is -4.51. The van der Waals surface area contributed by atoms with E-state index in [2.05, 4.69) is 11.8 Å². The van der Waals surface area contributed by atoms with E-state index in [1.54, 1.807) is 4.90 Å². The number of likely N-dealkylation sites (tertiary alicyclic amines) is 2. The molecule has 0 aliphatic carbocycles. The topological polar surface area (TPSA) is 83.8 Å². The summed E-state index contributed by atoms with van der Waals surface area (Å²) in [5, 5.41) is 11.3. The van der Waals surface area contributed by atoms with Crippen molar-refractivity contribution in [1.82, 2.24) is 9.80 Å². The van der Waals surface area contributed by atoms with Crippen LogP contribution in [0.25, 0.3) is 0 Å². The Bertz CT molecular complexity index is 1430. The molecule has 2 saturated heterocycles. The number of nitrogens with zero attached hydrogens (tertiary/aromatic N) is 3. The first-order valence-corrected chi connectivity index (χ1v) is 13.0. The minimum Gasteiger partial charge on any atom is -0.342 e. The maximum Gasteiger partial charge on any atom is 0.273 e. The lowest BCUT2D eigenvalue weighted by molar-refractivity contribution is -0.385. The van der Waals surface area contributed by atoms with E-state index in [0.29, 0.717) is 31.7 Å². The zero-order chi connectivity index (χ0) is 27.4. The van der Waals surface area contributed by atoms with Gasteiger partial charge in [0.2, 0.25) is 5.91 Å². The minimum atomic E-state index is -0.602. The van der Waals surface area contributed by atoms with Gasteiger partial charge in [0.15, 0.2) is 0 Å². The molecule has 2 aliphatic rings. The number of carbonyl (C=O) groups is 2. The van der Waals surface area contributed by atoms with Crippen LogP contribution in [0.5, 0.6) is 0 Å². The van der Waals surface area contributed by atoms with Crippen molar-refractivity contribution in [2.24, 2.45) is 11.8 Å². The maximum atomic E-state index is 13.7.